The molecule has 0 bridgehead atoms. The number of thioether (sulfide) groups is 1. The van der Waals surface area contributed by atoms with Crippen molar-refractivity contribution in [3.63, 3.8) is 0 Å². The molecule has 1 heterocycles. The molecule has 3 aromatic carbocycles. The van der Waals surface area contributed by atoms with Crippen LogP contribution in [0.15, 0.2) is 78.0 Å². The van der Waals surface area contributed by atoms with Crippen molar-refractivity contribution < 1.29 is 23.5 Å². The predicted molar refractivity (Wildman–Crippen MR) is 142 cm³/mol. The highest BCUT2D eigenvalue weighted by molar-refractivity contribution is 7.99. The van der Waals surface area contributed by atoms with Crippen LogP contribution in [0.5, 0.6) is 11.5 Å². The highest BCUT2D eigenvalue weighted by Gasteiger charge is 2.17. The van der Waals surface area contributed by atoms with Crippen molar-refractivity contribution in [3.05, 3.63) is 90.0 Å². The Kier molecular flexibility index (Phi) is 8.94. The van der Waals surface area contributed by atoms with Crippen molar-refractivity contribution in [2.24, 2.45) is 0 Å². The van der Waals surface area contributed by atoms with Gasteiger partial charge < -0.3 is 20.1 Å². The van der Waals surface area contributed by atoms with Crippen LogP contribution < -0.4 is 20.1 Å². The van der Waals surface area contributed by atoms with E-state index in [1.807, 2.05) is 12.1 Å². The molecule has 0 spiro atoms. The summed E-state index contributed by atoms with van der Waals surface area (Å²) in [6.07, 6.45) is 0.182. The summed E-state index contributed by atoms with van der Waals surface area (Å²) in [5.74, 6) is 1.09. The van der Waals surface area contributed by atoms with Gasteiger partial charge in [-0.15, -0.1) is 10.2 Å². The van der Waals surface area contributed by atoms with E-state index in [4.69, 9.17) is 9.47 Å². The monoisotopic (exact) mass is 535 g/mol. The summed E-state index contributed by atoms with van der Waals surface area (Å²) in [6.45, 7) is 0.0952. The maximum atomic E-state index is 13.6. The standard InChI is InChI=1S/C27H26FN5O4S/c1-36-22-11-3-18(4-12-22)15-25(34)29-16-24-31-32-27(33(24)21-9-5-19(28)6-10-21)38-17-26(35)30-20-7-13-23(37-2)14-8-20/h3-14H,15-17H2,1-2H3,(H,29,34)(H,30,35). The van der Waals surface area contributed by atoms with E-state index in [-0.39, 0.29) is 36.4 Å². The number of anilines is 1. The van der Waals surface area contributed by atoms with Gasteiger partial charge in [-0.05, 0) is 66.2 Å². The molecule has 1 aromatic heterocycles. The molecule has 0 aliphatic heterocycles. The Hall–Kier alpha value is -4.38. The molecule has 196 valence electrons. The lowest BCUT2D eigenvalue weighted by Gasteiger charge is -2.11. The molecule has 0 radical (unpaired) electrons. The lowest BCUT2D eigenvalue weighted by molar-refractivity contribution is -0.120. The highest BCUT2D eigenvalue weighted by Crippen LogP contribution is 2.23. The van der Waals surface area contributed by atoms with Gasteiger partial charge in [0.25, 0.3) is 0 Å². The van der Waals surface area contributed by atoms with Crippen molar-refractivity contribution >= 4 is 29.3 Å². The minimum absolute atomic E-state index is 0.0647. The van der Waals surface area contributed by atoms with E-state index >= 15 is 0 Å². The minimum atomic E-state index is -0.385. The van der Waals surface area contributed by atoms with Crippen LogP contribution in [0.1, 0.15) is 11.4 Å². The molecule has 0 unspecified atom stereocenters. The topological polar surface area (TPSA) is 107 Å². The molecule has 0 saturated carbocycles. The molecule has 0 aliphatic rings. The fraction of sp³-hybridized carbons (Fsp3) is 0.185. The maximum Gasteiger partial charge on any atom is 0.234 e. The molecule has 38 heavy (non-hydrogen) atoms. The van der Waals surface area contributed by atoms with Gasteiger partial charge in [0, 0.05) is 11.4 Å². The number of rotatable bonds is 11. The first-order valence-electron chi connectivity index (χ1n) is 11.6. The number of nitrogens with one attached hydrogen (secondary N) is 2. The number of hydrogen-bond donors (Lipinski definition) is 2. The number of ether oxygens (including phenoxy) is 2. The van der Waals surface area contributed by atoms with Crippen LogP contribution in [0.4, 0.5) is 10.1 Å². The fourth-order valence-corrected chi connectivity index (χ4v) is 4.30. The highest BCUT2D eigenvalue weighted by atomic mass is 32.2. The van der Waals surface area contributed by atoms with Crippen molar-refractivity contribution in [2.75, 3.05) is 25.3 Å². The molecule has 0 saturated heterocycles. The zero-order valence-electron chi connectivity index (χ0n) is 20.8. The summed E-state index contributed by atoms with van der Waals surface area (Å²) < 4.78 is 25.5. The summed E-state index contributed by atoms with van der Waals surface area (Å²) in [7, 11) is 3.15. The van der Waals surface area contributed by atoms with E-state index in [1.54, 1.807) is 67.3 Å². The number of aromatic nitrogens is 3. The van der Waals surface area contributed by atoms with Crippen molar-refractivity contribution in [3.8, 4) is 17.2 Å². The number of hydrogen-bond acceptors (Lipinski definition) is 7. The molecule has 0 fully saturated rings. The van der Waals surface area contributed by atoms with Gasteiger partial charge >= 0.3 is 0 Å². The molecule has 11 heteroatoms. The fourth-order valence-electron chi connectivity index (χ4n) is 3.53. The number of nitrogens with zero attached hydrogens (tertiary/aromatic N) is 3. The number of halogens is 1. The third kappa shape index (κ3) is 7.10. The van der Waals surface area contributed by atoms with Crippen molar-refractivity contribution in [1.29, 1.82) is 0 Å². The van der Waals surface area contributed by atoms with Gasteiger partial charge in [-0.3, -0.25) is 14.2 Å². The largest absolute Gasteiger partial charge is 0.497 e. The first-order valence-corrected chi connectivity index (χ1v) is 12.6. The van der Waals surface area contributed by atoms with Crippen LogP contribution in [0.25, 0.3) is 5.69 Å². The van der Waals surface area contributed by atoms with Gasteiger partial charge in [-0.25, -0.2) is 4.39 Å². The SMILES string of the molecule is COc1ccc(CC(=O)NCc2nnc(SCC(=O)Nc3ccc(OC)cc3)n2-c2ccc(F)cc2)cc1. The Morgan fingerprint density at radius 1 is 0.868 bits per heavy atom. The normalized spacial score (nSPS) is 10.6. The first-order chi connectivity index (χ1) is 18.4. The second-order valence-corrected chi connectivity index (χ2v) is 9.02. The Bertz CT molecular complexity index is 1290. The van der Waals surface area contributed by atoms with Gasteiger partial charge in [0.05, 0.1) is 32.9 Å². The zero-order chi connectivity index (χ0) is 26.9. The third-order valence-electron chi connectivity index (χ3n) is 5.46. The zero-order valence-corrected chi connectivity index (χ0v) is 21.6. The van der Waals surface area contributed by atoms with Crippen LogP contribution in [0.2, 0.25) is 0 Å². The van der Waals surface area contributed by atoms with Crippen LogP contribution >= 0.6 is 11.8 Å². The summed E-state index contributed by atoms with van der Waals surface area (Å²) in [4.78, 5) is 25.1. The van der Waals surface area contributed by atoms with Gasteiger partial charge in [0.1, 0.15) is 17.3 Å². The van der Waals surface area contributed by atoms with E-state index < -0.39 is 0 Å². The Morgan fingerprint density at radius 2 is 1.50 bits per heavy atom. The number of benzene rings is 3. The van der Waals surface area contributed by atoms with E-state index in [0.717, 1.165) is 5.56 Å². The van der Waals surface area contributed by atoms with Crippen molar-refractivity contribution in [1.82, 2.24) is 20.1 Å². The smallest absolute Gasteiger partial charge is 0.234 e. The van der Waals surface area contributed by atoms with Crippen LogP contribution in [0, 0.1) is 5.82 Å². The summed E-state index contributed by atoms with van der Waals surface area (Å²) >= 11 is 1.18. The third-order valence-corrected chi connectivity index (χ3v) is 6.39. The summed E-state index contributed by atoms with van der Waals surface area (Å²) in [5.41, 5.74) is 2.08. The van der Waals surface area contributed by atoms with E-state index in [2.05, 4.69) is 20.8 Å². The average molecular weight is 536 g/mol. The predicted octanol–water partition coefficient (Wildman–Crippen LogP) is 4.01. The molecule has 4 aromatic rings. The average Bonchev–Trinajstić information content (AvgIpc) is 3.35. The van der Waals surface area contributed by atoms with Gasteiger partial charge in [-0.1, -0.05) is 23.9 Å². The Morgan fingerprint density at radius 3 is 2.13 bits per heavy atom. The molecular formula is C27H26FN5O4S. The van der Waals surface area contributed by atoms with Gasteiger partial charge in [-0.2, -0.15) is 0 Å². The van der Waals surface area contributed by atoms with E-state index in [1.165, 1.54) is 23.9 Å². The number of amides is 2. The maximum absolute atomic E-state index is 13.6. The summed E-state index contributed by atoms with van der Waals surface area (Å²) in [5, 5.41) is 14.5. The molecule has 0 atom stereocenters. The van der Waals surface area contributed by atoms with Crippen molar-refractivity contribution in [2.45, 2.75) is 18.1 Å². The second kappa shape index (κ2) is 12.7. The quantitative estimate of drug-likeness (QED) is 0.280. The minimum Gasteiger partial charge on any atom is -0.497 e. The van der Waals surface area contributed by atoms with E-state index in [9.17, 15) is 14.0 Å². The molecule has 9 nitrogen and oxygen atoms in total. The number of methoxy groups -OCH3 is 2. The molecule has 4 rings (SSSR count). The van der Waals surface area contributed by atoms with Gasteiger partial charge in [0.15, 0.2) is 11.0 Å². The lowest BCUT2D eigenvalue weighted by atomic mass is 10.1. The van der Waals surface area contributed by atoms with E-state index in [0.29, 0.717) is 33.9 Å². The molecule has 2 amide bonds. The Labute approximate surface area is 223 Å². The number of carbonyl (C=O) groups is 2. The van der Waals surface area contributed by atoms with Gasteiger partial charge in [0.2, 0.25) is 11.8 Å². The Balaban J connectivity index is 1.43. The second-order valence-electron chi connectivity index (χ2n) is 8.08. The molecule has 2 N–H and O–H groups in total. The molecule has 0 aliphatic carbocycles. The van der Waals surface area contributed by atoms with Crippen LogP contribution in [-0.4, -0.2) is 46.6 Å². The first kappa shape index (κ1) is 26.7. The van der Waals surface area contributed by atoms with Crippen LogP contribution in [-0.2, 0) is 22.6 Å². The number of carbonyl (C=O) groups excluding carboxylic acids is 2. The summed E-state index contributed by atoms with van der Waals surface area (Å²) in [6, 6.07) is 20.1. The lowest BCUT2D eigenvalue weighted by Crippen LogP contribution is -2.26. The molecular weight excluding hydrogens is 509 g/mol. The van der Waals surface area contributed by atoms with Crippen LogP contribution in [0.3, 0.4) is 0 Å².